The number of aromatic nitrogens is 2. The molecular formula is C25H34N6O. The number of hydrogen-bond donors (Lipinski definition) is 3. The number of aryl methyl sites for hydroxylation is 1. The van der Waals surface area contributed by atoms with Gasteiger partial charge in [-0.25, -0.2) is 9.98 Å². The molecule has 3 aromatic rings. The van der Waals surface area contributed by atoms with E-state index in [-0.39, 0.29) is 6.10 Å². The highest BCUT2D eigenvalue weighted by molar-refractivity contribution is 5.86. The van der Waals surface area contributed by atoms with Crippen LogP contribution < -0.4 is 15.5 Å². The highest BCUT2D eigenvalue weighted by atomic mass is 16.5. The first kappa shape index (κ1) is 22.1. The maximum Gasteiger partial charge on any atom is 0.191 e. The molecule has 7 heteroatoms. The molecule has 170 valence electrons. The van der Waals surface area contributed by atoms with Crippen LogP contribution in [0.25, 0.3) is 10.9 Å². The van der Waals surface area contributed by atoms with Crippen molar-refractivity contribution in [2.45, 2.75) is 39.8 Å². The number of anilines is 1. The average Bonchev–Trinajstić information content (AvgIpc) is 3.22. The first-order chi connectivity index (χ1) is 15.6. The lowest BCUT2D eigenvalue weighted by Crippen LogP contribution is -2.41. The zero-order valence-electron chi connectivity index (χ0n) is 19.3. The van der Waals surface area contributed by atoms with Crippen LogP contribution in [0.4, 0.5) is 5.82 Å². The zero-order valence-corrected chi connectivity index (χ0v) is 19.3. The Kier molecular flexibility index (Phi) is 7.27. The Bertz CT molecular complexity index is 1060. The number of para-hydroxylation sites is 1. The number of H-pyrrole nitrogens is 1. The van der Waals surface area contributed by atoms with Crippen LogP contribution in [0.5, 0.6) is 0 Å². The fourth-order valence-corrected chi connectivity index (χ4v) is 4.16. The summed E-state index contributed by atoms with van der Waals surface area (Å²) < 4.78 is 5.65. The second-order valence-electron chi connectivity index (χ2n) is 8.33. The van der Waals surface area contributed by atoms with Gasteiger partial charge in [-0.1, -0.05) is 18.2 Å². The molecule has 1 unspecified atom stereocenters. The number of nitrogens with one attached hydrogen (secondary N) is 3. The lowest BCUT2D eigenvalue weighted by molar-refractivity contribution is 0.0529. The normalized spacial score (nSPS) is 17.0. The first-order valence-electron chi connectivity index (χ1n) is 11.5. The van der Waals surface area contributed by atoms with Crippen molar-refractivity contribution in [2.75, 3.05) is 37.7 Å². The highest BCUT2D eigenvalue weighted by Crippen LogP contribution is 2.21. The minimum absolute atomic E-state index is 0.234. The molecule has 3 heterocycles. The summed E-state index contributed by atoms with van der Waals surface area (Å²) in [5, 5.41) is 8.13. The van der Waals surface area contributed by atoms with Gasteiger partial charge in [-0.2, -0.15) is 0 Å². The third-order valence-corrected chi connectivity index (χ3v) is 5.84. The summed E-state index contributed by atoms with van der Waals surface area (Å²) in [6, 6.07) is 10.6. The van der Waals surface area contributed by atoms with Gasteiger partial charge in [-0.15, -0.1) is 0 Å². The monoisotopic (exact) mass is 434 g/mol. The average molecular weight is 435 g/mol. The van der Waals surface area contributed by atoms with Crippen molar-refractivity contribution in [3.63, 3.8) is 0 Å². The lowest BCUT2D eigenvalue weighted by Gasteiger charge is -2.32. The Labute approximate surface area is 190 Å². The molecule has 0 radical (unpaired) electrons. The van der Waals surface area contributed by atoms with Crippen molar-refractivity contribution in [3.05, 3.63) is 59.4 Å². The van der Waals surface area contributed by atoms with Crippen LogP contribution >= 0.6 is 0 Å². The van der Waals surface area contributed by atoms with E-state index in [0.29, 0.717) is 6.54 Å². The Morgan fingerprint density at radius 2 is 2.22 bits per heavy atom. The smallest absolute Gasteiger partial charge is 0.191 e. The number of aliphatic imine (C=N–C) groups is 1. The van der Waals surface area contributed by atoms with E-state index >= 15 is 0 Å². The van der Waals surface area contributed by atoms with Crippen LogP contribution in [0.15, 0.2) is 47.7 Å². The summed E-state index contributed by atoms with van der Waals surface area (Å²) in [7, 11) is 0. The van der Waals surface area contributed by atoms with E-state index in [0.717, 1.165) is 56.5 Å². The fraction of sp³-hybridized carbons (Fsp3) is 0.440. The van der Waals surface area contributed by atoms with Gasteiger partial charge < -0.3 is 25.3 Å². The molecule has 0 bridgehead atoms. The topological polar surface area (TPSA) is 77.6 Å². The number of rotatable bonds is 7. The zero-order chi connectivity index (χ0) is 22.3. The molecule has 1 aliphatic heterocycles. The second kappa shape index (κ2) is 10.5. The first-order valence-corrected chi connectivity index (χ1v) is 11.5. The number of guanidine groups is 1. The number of ether oxygens (including phenoxy) is 1. The molecule has 0 amide bonds. The van der Waals surface area contributed by atoms with E-state index in [2.05, 4.69) is 76.7 Å². The molecule has 32 heavy (non-hydrogen) atoms. The van der Waals surface area contributed by atoms with Gasteiger partial charge in [-0.05, 0) is 56.0 Å². The minimum Gasteiger partial charge on any atom is -0.375 e. The van der Waals surface area contributed by atoms with E-state index in [1.54, 1.807) is 0 Å². The van der Waals surface area contributed by atoms with Crippen LogP contribution in [-0.2, 0) is 17.7 Å². The predicted octanol–water partition coefficient (Wildman–Crippen LogP) is 3.39. The van der Waals surface area contributed by atoms with Crippen molar-refractivity contribution in [3.8, 4) is 0 Å². The predicted molar refractivity (Wildman–Crippen MR) is 131 cm³/mol. The number of pyridine rings is 1. The maximum absolute atomic E-state index is 5.65. The third kappa shape index (κ3) is 5.40. The SMILES string of the molecule is CCNC(=NCc1ccnc(N2CCOC(C)C2)c1)NCCc1c[nH]c2c(C)cccc12. The minimum atomic E-state index is 0.234. The summed E-state index contributed by atoms with van der Waals surface area (Å²) in [6.07, 6.45) is 5.16. The number of morpholine rings is 1. The van der Waals surface area contributed by atoms with Gasteiger partial charge in [0.05, 0.1) is 19.3 Å². The summed E-state index contributed by atoms with van der Waals surface area (Å²) in [5.41, 5.74) is 4.98. The number of aromatic amines is 1. The van der Waals surface area contributed by atoms with Gasteiger partial charge >= 0.3 is 0 Å². The van der Waals surface area contributed by atoms with Crippen molar-refractivity contribution in [1.82, 2.24) is 20.6 Å². The van der Waals surface area contributed by atoms with E-state index in [4.69, 9.17) is 9.73 Å². The summed E-state index contributed by atoms with van der Waals surface area (Å²) in [6.45, 7) is 11.1. The van der Waals surface area contributed by atoms with Crippen molar-refractivity contribution in [2.24, 2.45) is 4.99 Å². The number of nitrogens with zero attached hydrogens (tertiary/aromatic N) is 3. The van der Waals surface area contributed by atoms with Crippen LogP contribution in [0.2, 0.25) is 0 Å². The molecule has 1 aromatic carbocycles. The van der Waals surface area contributed by atoms with Gasteiger partial charge in [0.2, 0.25) is 0 Å². The molecule has 1 fully saturated rings. The van der Waals surface area contributed by atoms with E-state index in [1.165, 1.54) is 22.0 Å². The molecule has 2 aromatic heterocycles. The maximum atomic E-state index is 5.65. The highest BCUT2D eigenvalue weighted by Gasteiger charge is 2.18. The molecule has 1 atom stereocenters. The van der Waals surface area contributed by atoms with Gasteiger partial charge in [0.25, 0.3) is 0 Å². The fourth-order valence-electron chi connectivity index (χ4n) is 4.16. The number of fused-ring (bicyclic) bond motifs is 1. The standard InChI is InChI=1S/C25H34N6O/c1-4-26-25(28-11-9-21-16-29-24-18(2)6-5-7-22(21)24)30-15-20-8-10-27-23(14-20)31-12-13-32-19(3)17-31/h5-8,10,14,16,19,29H,4,9,11-13,15,17H2,1-3H3,(H2,26,28,30). The summed E-state index contributed by atoms with van der Waals surface area (Å²) in [4.78, 5) is 15.0. The van der Waals surface area contributed by atoms with Crippen molar-refractivity contribution < 1.29 is 4.74 Å². The van der Waals surface area contributed by atoms with Gasteiger partial charge in [-0.3, -0.25) is 0 Å². The van der Waals surface area contributed by atoms with Gasteiger partial charge in [0.1, 0.15) is 5.82 Å². The van der Waals surface area contributed by atoms with Gasteiger partial charge in [0, 0.05) is 49.5 Å². The number of benzene rings is 1. The largest absolute Gasteiger partial charge is 0.375 e. The Morgan fingerprint density at radius 3 is 3.06 bits per heavy atom. The molecule has 0 aliphatic carbocycles. The molecule has 4 rings (SSSR count). The second-order valence-corrected chi connectivity index (χ2v) is 8.33. The molecule has 1 saturated heterocycles. The molecule has 0 spiro atoms. The van der Waals surface area contributed by atoms with Crippen LogP contribution in [-0.4, -0.2) is 54.8 Å². The van der Waals surface area contributed by atoms with Gasteiger partial charge in [0.15, 0.2) is 5.96 Å². The quantitative estimate of drug-likeness (QED) is 0.392. The molecule has 7 nitrogen and oxygen atoms in total. The van der Waals surface area contributed by atoms with E-state index in [1.807, 2.05) is 12.3 Å². The van der Waals surface area contributed by atoms with E-state index < -0.39 is 0 Å². The van der Waals surface area contributed by atoms with E-state index in [9.17, 15) is 0 Å². The Hall–Kier alpha value is -3.06. The van der Waals surface area contributed by atoms with Crippen LogP contribution in [0, 0.1) is 6.92 Å². The van der Waals surface area contributed by atoms with Crippen molar-refractivity contribution >= 4 is 22.7 Å². The molecule has 3 N–H and O–H groups in total. The molecule has 0 saturated carbocycles. The van der Waals surface area contributed by atoms with Crippen LogP contribution in [0.1, 0.15) is 30.5 Å². The Morgan fingerprint density at radius 1 is 1.31 bits per heavy atom. The number of hydrogen-bond acceptors (Lipinski definition) is 4. The lowest BCUT2D eigenvalue weighted by atomic mass is 10.1. The van der Waals surface area contributed by atoms with Crippen LogP contribution in [0.3, 0.4) is 0 Å². The summed E-state index contributed by atoms with van der Waals surface area (Å²) in [5.74, 6) is 1.84. The molecular weight excluding hydrogens is 400 g/mol. The summed E-state index contributed by atoms with van der Waals surface area (Å²) >= 11 is 0. The van der Waals surface area contributed by atoms with Crippen molar-refractivity contribution in [1.29, 1.82) is 0 Å². The Balaban J connectivity index is 1.36. The third-order valence-electron chi connectivity index (χ3n) is 5.84. The molecule has 1 aliphatic rings.